The number of ether oxygens (including phenoxy) is 1. The van der Waals surface area contributed by atoms with Crippen LogP contribution in [0, 0.1) is 0 Å². The van der Waals surface area contributed by atoms with Crippen molar-refractivity contribution in [1.82, 2.24) is 0 Å². The molecule has 1 aliphatic rings. The Hall–Kier alpha value is -0.580. The molecule has 0 radical (unpaired) electrons. The molecular weight excluding hydrogens is 294 g/mol. The summed E-state index contributed by atoms with van der Waals surface area (Å²) in [5.41, 5.74) is 2.07. The summed E-state index contributed by atoms with van der Waals surface area (Å²) in [6.07, 6.45) is 0.880. The fraction of sp³-hybridized carbons (Fsp3) is 0.571. The normalized spacial score (nSPS) is 25.2. The van der Waals surface area contributed by atoms with E-state index in [0.29, 0.717) is 6.04 Å². The van der Waals surface area contributed by atoms with Gasteiger partial charge in [0.1, 0.15) is 0 Å². The molecule has 1 aliphatic heterocycles. The molecule has 1 aromatic rings. The van der Waals surface area contributed by atoms with E-state index in [1.54, 1.807) is 6.92 Å². The molecule has 1 saturated heterocycles. The minimum Gasteiger partial charge on any atom is -0.389 e. The molecule has 0 amide bonds. The molecule has 0 saturated carbocycles. The fourth-order valence-electron chi connectivity index (χ4n) is 2.49. The van der Waals surface area contributed by atoms with Crippen LogP contribution in [0.5, 0.6) is 0 Å². The monoisotopic (exact) mass is 313 g/mol. The molecule has 4 heteroatoms. The molecule has 0 aliphatic carbocycles. The van der Waals surface area contributed by atoms with E-state index < -0.39 is 6.10 Å². The van der Waals surface area contributed by atoms with Crippen LogP contribution in [0.25, 0.3) is 0 Å². The van der Waals surface area contributed by atoms with Gasteiger partial charge in [-0.25, -0.2) is 0 Å². The molecule has 100 valence electrons. The van der Waals surface area contributed by atoms with Crippen molar-refractivity contribution in [3.8, 4) is 0 Å². The number of halogens is 1. The van der Waals surface area contributed by atoms with Crippen molar-refractivity contribution in [3.05, 3.63) is 28.2 Å². The summed E-state index contributed by atoms with van der Waals surface area (Å²) in [6.45, 7) is 4.73. The summed E-state index contributed by atoms with van der Waals surface area (Å²) in [5, 5.41) is 9.62. The Morgan fingerprint density at radius 3 is 2.72 bits per heavy atom. The van der Waals surface area contributed by atoms with E-state index in [2.05, 4.69) is 46.9 Å². The number of rotatable bonds is 3. The predicted octanol–water partition coefficient (Wildman–Crippen LogP) is 3.12. The first-order chi connectivity index (χ1) is 8.50. The van der Waals surface area contributed by atoms with E-state index in [4.69, 9.17) is 4.74 Å². The number of aliphatic hydroxyl groups excluding tert-OH is 1. The van der Waals surface area contributed by atoms with Crippen LogP contribution in [0.15, 0.2) is 22.7 Å². The Labute approximate surface area is 117 Å². The number of likely N-dealkylation sites (N-methyl/N-ethyl adjacent to an activating group) is 1. The molecule has 3 atom stereocenters. The van der Waals surface area contributed by atoms with E-state index in [9.17, 15) is 5.11 Å². The summed E-state index contributed by atoms with van der Waals surface area (Å²) >= 11 is 3.52. The van der Waals surface area contributed by atoms with E-state index >= 15 is 0 Å². The Kier molecular flexibility index (Phi) is 4.30. The molecular formula is C14H20BrNO2. The third kappa shape index (κ3) is 2.71. The van der Waals surface area contributed by atoms with Crippen LogP contribution in [0.2, 0.25) is 0 Å². The largest absolute Gasteiger partial charge is 0.389 e. The summed E-state index contributed by atoms with van der Waals surface area (Å²) in [4.78, 5) is 2.26. The van der Waals surface area contributed by atoms with Gasteiger partial charge in [-0.15, -0.1) is 0 Å². The lowest BCUT2D eigenvalue weighted by atomic mass is 10.1. The van der Waals surface area contributed by atoms with Gasteiger partial charge in [0, 0.05) is 23.8 Å². The van der Waals surface area contributed by atoms with Gasteiger partial charge in [0.25, 0.3) is 0 Å². The highest BCUT2D eigenvalue weighted by atomic mass is 79.9. The first kappa shape index (κ1) is 13.8. The van der Waals surface area contributed by atoms with Crippen molar-refractivity contribution in [2.24, 2.45) is 0 Å². The molecule has 0 bridgehead atoms. The smallest absolute Gasteiger partial charge is 0.0772 e. The van der Waals surface area contributed by atoms with Gasteiger partial charge < -0.3 is 14.7 Å². The van der Waals surface area contributed by atoms with Crippen LogP contribution < -0.4 is 4.90 Å². The molecule has 3 nitrogen and oxygen atoms in total. The van der Waals surface area contributed by atoms with Gasteiger partial charge in [0.05, 0.1) is 18.2 Å². The Bertz CT molecular complexity index is 422. The zero-order valence-corrected chi connectivity index (χ0v) is 12.6. The van der Waals surface area contributed by atoms with Crippen LogP contribution in [-0.4, -0.2) is 30.9 Å². The van der Waals surface area contributed by atoms with Crippen molar-refractivity contribution in [2.45, 2.75) is 38.5 Å². The minimum atomic E-state index is -0.451. The van der Waals surface area contributed by atoms with Crippen LogP contribution in [0.3, 0.4) is 0 Å². The summed E-state index contributed by atoms with van der Waals surface area (Å²) in [5.74, 6) is 0. The lowest BCUT2D eigenvalue weighted by Gasteiger charge is -2.29. The van der Waals surface area contributed by atoms with E-state index in [-0.39, 0.29) is 6.10 Å². The van der Waals surface area contributed by atoms with Gasteiger partial charge in [-0.05, 0) is 38.0 Å². The minimum absolute atomic E-state index is 0.269. The average molecular weight is 314 g/mol. The predicted molar refractivity (Wildman–Crippen MR) is 77.0 cm³/mol. The number of hydrogen-bond donors (Lipinski definition) is 1. The second-order valence-corrected chi connectivity index (χ2v) is 5.78. The summed E-state index contributed by atoms with van der Waals surface area (Å²) in [7, 11) is 2.10. The van der Waals surface area contributed by atoms with E-state index in [1.165, 1.54) is 0 Å². The van der Waals surface area contributed by atoms with Gasteiger partial charge in [0.2, 0.25) is 0 Å². The van der Waals surface area contributed by atoms with E-state index in [1.807, 2.05) is 6.07 Å². The summed E-state index contributed by atoms with van der Waals surface area (Å²) in [6, 6.07) is 6.51. The highest BCUT2D eigenvalue weighted by Gasteiger charge is 2.28. The average Bonchev–Trinajstić information content (AvgIpc) is 2.74. The Morgan fingerprint density at radius 2 is 2.22 bits per heavy atom. The molecule has 1 heterocycles. The molecule has 0 aromatic heterocycles. The zero-order valence-electron chi connectivity index (χ0n) is 11.1. The quantitative estimate of drug-likeness (QED) is 0.930. The molecule has 1 N–H and O–H groups in total. The SMILES string of the molecule is CC(O)c1ccc(N(C)C2CCOC2C)cc1Br. The standard InChI is InChI=1S/C14H20BrNO2/c1-9(17)12-5-4-11(8-13(12)15)16(3)14-6-7-18-10(14)2/h4-5,8-10,14,17H,6-7H2,1-3H3. The number of hydrogen-bond acceptors (Lipinski definition) is 3. The number of aliphatic hydroxyl groups is 1. The Morgan fingerprint density at radius 1 is 1.50 bits per heavy atom. The zero-order chi connectivity index (χ0) is 13.3. The second kappa shape index (κ2) is 5.59. The molecule has 18 heavy (non-hydrogen) atoms. The van der Waals surface area contributed by atoms with Gasteiger partial charge in [-0.2, -0.15) is 0 Å². The molecule has 1 fully saturated rings. The van der Waals surface area contributed by atoms with Gasteiger partial charge in [-0.3, -0.25) is 0 Å². The lowest BCUT2D eigenvalue weighted by Crippen LogP contribution is -2.36. The van der Waals surface area contributed by atoms with Crippen LogP contribution in [0.4, 0.5) is 5.69 Å². The van der Waals surface area contributed by atoms with Crippen LogP contribution in [-0.2, 0) is 4.74 Å². The van der Waals surface area contributed by atoms with Crippen LogP contribution in [0.1, 0.15) is 31.9 Å². The second-order valence-electron chi connectivity index (χ2n) is 4.92. The highest BCUT2D eigenvalue weighted by molar-refractivity contribution is 9.10. The van der Waals surface area contributed by atoms with Crippen molar-refractivity contribution in [1.29, 1.82) is 0 Å². The number of benzene rings is 1. The van der Waals surface area contributed by atoms with Crippen molar-refractivity contribution < 1.29 is 9.84 Å². The molecule has 0 spiro atoms. The maximum Gasteiger partial charge on any atom is 0.0772 e. The third-order valence-electron chi connectivity index (χ3n) is 3.68. The van der Waals surface area contributed by atoms with E-state index in [0.717, 1.165) is 28.8 Å². The number of anilines is 1. The lowest BCUT2D eigenvalue weighted by molar-refractivity contribution is 0.118. The first-order valence-corrected chi connectivity index (χ1v) is 7.12. The molecule has 1 aromatic carbocycles. The summed E-state index contributed by atoms with van der Waals surface area (Å²) < 4.78 is 6.56. The first-order valence-electron chi connectivity index (χ1n) is 6.32. The fourth-order valence-corrected chi connectivity index (χ4v) is 3.19. The maximum atomic E-state index is 9.62. The van der Waals surface area contributed by atoms with Gasteiger partial charge >= 0.3 is 0 Å². The maximum absolute atomic E-state index is 9.62. The topological polar surface area (TPSA) is 32.7 Å². The van der Waals surface area contributed by atoms with Crippen molar-refractivity contribution in [2.75, 3.05) is 18.6 Å². The molecule has 2 rings (SSSR count). The van der Waals surface area contributed by atoms with Crippen molar-refractivity contribution >= 4 is 21.6 Å². The third-order valence-corrected chi connectivity index (χ3v) is 4.36. The van der Waals surface area contributed by atoms with Crippen LogP contribution >= 0.6 is 15.9 Å². The highest BCUT2D eigenvalue weighted by Crippen LogP contribution is 2.30. The Balaban J connectivity index is 2.21. The van der Waals surface area contributed by atoms with Gasteiger partial charge in [0.15, 0.2) is 0 Å². The number of nitrogens with zero attached hydrogens (tertiary/aromatic N) is 1. The molecule has 3 unspecified atom stereocenters. The van der Waals surface area contributed by atoms with Gasteiger partial charge in [-0.1, -0.05) is 22.0 Å². The van der Waals surface area contributed by atoms with Crippen molar-refractivity contribution in [3.63, 3.8) is 0 Å².